The van der Waals surface area contributed by atoms with E-state index in [2.05, 4.69) is 4.57 Å². The van der Waals surface area contributed by atoms with Gasteiger partial charge in [-0.15, -0.1) is 0 Å². The molecule has 17 heavy (non-hydrogen) atoms. The van der Waals surface area contributed by atoms with Crippen molar-refractivity contribution in [3.05, 3.63) is 34.5 Å². The molecular weight excluding hydrogens is 238 g/mol. The Hall–Kier alpha value is -1.48. The molecule has 0 aliphatic carbocycles. The molecule has 1 aromatic heterocycles. The first-order valence-corrected chi connectivity index (χ1v) is 5.84. The molecule has 0 aliphatic rings. The van der Waals surface area contributed by atoms with Crippen molar-refractivity contribution in [3.63, 3.8) is 0 Å². The van der Waals surface area contributed by atoms with Crippen molar-refractivity contribution in [3.8, 4) is 0 Å². The maximum Gasteiger partial charge on any atom is 0.303 e. The summed E-state index contributed by atoms with van der Waals surface area (Å²) >= 11 is 6.20. The fourth-order valence-corrected chi connectivity index (χ4v) is 2.48. The number of halogens is 1. The van der Waals surface area contributed by atoms with Crippen LogP contribution in [0.1, 0.15) is 17.7 Å². The summed E-state index contributed by atoms with van der Waals surface area (Å²) in [7, 11) is 1.97. The lowest BCUT2D eigenvalue weighted by Gasteiger charge is -2.00. The predicted octanol–water partition coefficient (Wildman–Crippen LogP) is 3.16. The SMILES string of the molecule is Cc1c(CCC(=O)O)c2c(Cl)cccc2n1C. The zero-order valence-corrected chi connectivity index (χ0v) is 10.6. The third kappa shape index (κ3) is 2.03. The van der Waals surface area contributed by atoms with Crippen LogP contribution in [0.2, 0.25) is 5.02 Å². The minimum Gasteiger partial charge on any atom is -0.481 e. The normalized spacial score (nSPS) is 11.0. The van der Waals surface area contributed by atoms with E-state index in [9.17, 15) is 4.79 Å². The Balaban J connectivity index is 2.60. The van der Waals surface area contributed by atoms with Gasteiger partial charge in [0.2, 0.25) is 0 Å². The van der Waals surface area contributed by atoms with Gasteiger partial charge in [0.25, 0.3) is 0 Å². The molecule has 0 fully saturated rings. The van der Waals surface area contributed by atoms with E-state index < -0.39 is 5.97 Å². The maximum absolute atomic E-state index is 10.7. The number of hydrogen-bond donors (Lipinski definition) is 1. The molecule has 0 radical (unpaired) electrons. The van der Waals surface area contributed by atoms with Gasteiger partial charge in [0.05, 0.1) is 5.02 Å². The number of nitrogens with zero attached hydrogens (tertiary/aromatic N) is 1. The highest BCUT2D eigenvalue weighted by Gasteiger charge is 2.14. The molecule has 90 valence electrons. The van der Waals surface area contributed by atoms with E-state index in [1.807, 2.05) is 32.2 Å². The lowest BCUT2D eigenvalue weighted by atomic mass is 10.1. The topological polar surface area (TPSA) is 42.2 Å². The van der Waals surface area contributed by atoms with Crippen LogP contribution in [-0.4, -0.2) is 15.6 Å². The van der Waals surface area contributed by atoms with Crippen LogP contribution >= 0.6 is 11.6 Å². The van der Waals surface area contributed by atoms with Crippen molar-refractivity contribution in [2.75, 3.05) is 0 Å². The highest BCUT2D eigenvalue weighted by atomic mass is 35.5. The summed E-state index contributed by atoms with van der Waals surface area (Å²) in [4.78, 5) is 10.7. The molecule has 0 aliphatic heterocycles. The lowest BCUT2D eigenvalue weighted by Crippen LogP contribution is -1.99. The fourth-order valence-electron chi connectivity index (χ4n) is 2.19. The minimum absolute atomic E-state index is 0.130. The van der Waals surface area contributed by atoms with E-state index in [-0.39, 0.29) is 6.42 Å². The van der Waals surface area contributed by atoms with Crippen LogP contribution in [0.4, 0.5) is 0 Å². The molecule has 0 amide bonds. The van der Waals surface area contributed by atoms with E-state index in [1.54, 1.807) is 0 Å². The van der Waals surface area contributed by atoms with Gasteiger partial charge in [-0.1, -0.05) is 17.7 Å². The zero-order valence-electron chi connectivity index (χ0n) is 9.83. The molecule has 0 spiro atoms. The van der Waals surface area contributed by atoms with E-state index in [0.717, 1.165) is 22.2 Å². The van der Waals surface area contributed by atoms with Crippen LogP contribution < -0.4 is 0 Å². The van der Waals surface area contributed by atoms with Crippen LogP contribution in [0.3, 0.4) is 0 Å². The van der Waals surface area contributed by atoms with Crippen LogP contribution in [0.25, 0.3) is 10.9 Å². The number of fused-ring (bicyclic) bond motifs is 1. The monoisotopic (exact) mass is 251 g/mol. The van der Waals surface area contributed by atoms with Crippen molar-refractivity contribution in [2.45, 2.75) is 19.8 Å². The summed E-state index contributed by atoms with van der Waals surface area (Å²) in [6.07, 6.45) is 0.646. The lowest BCUT2D eigenvalue weighted by molar-refractivity contribution is -0.136. The third-order valence-corrected chi connectivity index (χ3v) is 3.50. The van der Waals surface area contributed by atoms with Crippen molar-refractivity contribution in [1.82, 2.24) is 4.57 Å². The summed E-state index contributed by atoms with van der Waals surface area (Å²) in [5.74, 6) is -0.784. The van der Waals surface area contributed by atoms with Gasteiger partial charge in [-0.3, -0.25) is 4.79 Å². The molecule has 2 rings (SSSR count). The van der Waals surface area contributed by atoms with Crippen LogP contribution in [0, 0.1) is 6.92 Å². The molecule has 0 atom stereocenters. The van der Waals surface area contributed by atoms with Crippen molar-refractivity contribution >= 4 is 28.5 Å². The fraction of sp³-hybridized carbons (Fsp3) is 0.308. The van der Waals surface area contributed by atoms with Crippen molar-refractivity contribution in [1.29, 1.82) is 0 Å². The van der Waals surface area contributed by atoms with Gasteiger partial charge in [-0.2, -0.15) is 0 Å². The van der Waals surface area contributed by atoms with Crippen LogP contribution in [0.15, 0.2) is 18.2 Å². The van der Waals surface area contributed by atoms with Gasteiger partial charge in [0.1, 0.15) is 0 Å². The second-order valence-corrected chi connectivity index (χ2v) is 4.56. The average Bonchev–Trinajstić information content (AvgIpc) is 2.52. The highest BCUT2D eigenvalue weighted by Crippen LogP contribution is 2.31. The van der Waals surface area contributed by atoms with Crippen molar-refractivity contribution in [2.24, 2.45) is 7.05 Å². The van der Waals surface area contributed by atoms with E-state index >= 15 is 0 Å². The van der Waals surface area contributed by atoms with Gasteiger partial charge in [-0.05, 0) is 31.0 Å². The molecule has 2 aromatic rings. The smallest absolute Gasteiger partial charge is 0.303 e. The number of carboxylic acid groups (broad SMARTS) is 1. The third-order valence-electron chi connectivity index (χ3n) is 3.18. The largest absolute Gasteiger partial charge is 0.481 e. The van der Waals surface area contributed by atoms with E-state index in [4.69, 9.17) is 16.7 Å². The molecule has 0 saturated heterocycles. The Morgan fingerprint density at radius 1 is 1.47 bits per heavy atom. The molecule has 0 bridgehead atoms. The minimum atomic E-state index is -0.784. The first-order chi connectivity index (χ1) is 8.02. The Bertz CT molecular complexity index is 587. The predicted molar refractivity (Wildman–Crippen MR) is 68.6 cm³/mol. The molecule has 4 heteroatoms. The summed E-state index contributed by atoms with van der Waals surface area (Å²) < 4.78 is 2.05. The second kappa shape index (κ2) is 4.41. The standard InChI is InChI=1S/C13H14ClNO2/c1-8-9(6-7-12(16)17)13-10(14)4-3-5-11(13)15(8)2/h3-5H,6-7H2,1-2H3,(H,16,17). The average molecular weight is 252 g/mol. The number of carbonyl (C=O) groups is 1. The molecule has 1 heterocycles. The number of aliphatic carboxylic acids is 1. The number of aryl methyl sites for hydroxylation is 2. The highest BCUT2D eigenvalue weighted by molar-refractivity contribution is 6.35. The quantitative estimate of drug-likeness (QED) is 0.911. The molecule has 1 N–H and O–H groups in total. The number of rotatable bonds is 3. The second-order valence-electron chi connectivity index (χ2n) is 4.15. The summed E-state index contributed by atoms with van der Waals surface area (Å²) in [6, 6.07) is 5.75. The van der Waals surface area contributed by atoms with E-state index in [0.29, 0.717) is 11.4 Å². The summed E-state index contributed by atoms with van der Waals surface area (Å²) in [5.41, 5.74) is 3.17. The van der Waals surface area contributed by atoms with Gasteiger partial charge in [0, 0.05) is 30.1 Å². The number of benzene rings is 1. The number of hydrogen-bond acceptors (Lipinski definition) is 1. The van der Waals surface area contributed by atoms with E-state index in [1.165, 1.54) is 0 Å². The Morgan fingerprint density at radius 3 is 2.82 bits per heavy atom. The molecule has 3 nitrogen and oxygen atoms in total. The molecule has 1 aromatic carbocycles. The van der Waals surface area contributed by atoms with Crippen LogP contribution in [0.5, 0.6) is 0 Å². The van der Waals surface area contributed by atoms with Gasteiger partial charge >= 0.3 is 5.97 Å². The van der Waals surface area contributed by atoms with Gasteiger partial charge in [-0.25, -0.2) is 0 Å². The molecule has 0 saturated carbocycles. The first kappa shape index (κ1) is 12.0. The first-order valence-electron chi connectivity index (χ1n) is 5.46. The number of aromatic nitrogens is 1. The zero-order chi connectivity index (χ0) is 12.6. The molecule has 0 unspecified atom stereocenters. The summed E-state index contributed by atoms with van der Waals surface area (Å²) in [5, 5.41) is 10.4. The summed E-state index contributed by atoms with van der Waals surface area (Å²) in [6.45, 7) is 1.99. The van der Waals surface area contributed by atoms with Gasteiger partial charge in [0.15, 0.2) is 0 Å². The Labute approximate surface area is 105 Å². The van der Waals surface area contributed by atoms with Gasteiger partial charge < -0.3 is 9.67 Å². The maximum atomic E-state index is 10.7. The van der Waals surface area contributed by atoms with Crippen molar-refractivity contribution < 1.29 is 9.90 Å². The Morgan fingerprint density at radius 2 is 2.18 bits per heavy atom. The van der Waals surface area contributed by atoms with Crippen LogP contribution in [-0.2, 0) is 18.3 Å². The Kier molecular flexibility index (Phi) is 3.11. The molecular formula is C13H14ClNO2. The number of carboxylic acids is 1.